The van der Waals surface area contributed by atoms with Crippen molar-refractivity contribution in [3.05, 3.63) is 34.9 Å². The average Bonchev–Trinajstić information content (AvgIpc) is 2.93. The highest BCUT2D eigenvalue weighted by Crippen LogP contribution is 2.36. The van der Waals surface area contributed by atoms with E-state index >= 15 is 0 Å². The van der Waals surface area contributed by atoms with Crippen molar-refractivity contribution in [2.45, 2.75) is 26.2 Å². The monoisotopic (exact) mass is 330 g/mol. The minimum absolute atomic E-state index is 0.0140. The number of fused-ring (bicyclic) bond motifs is 1. The second kappa shape index (κ2) is 6.63. The van der Waals surface area contributed by atoms with Gasteiger partial charge >= 0.3 is 6.09 Å². The predicted molar refractivity (Wildman–Crippen MR) is 88.0 cm³/mol. The number of ether oxygens (including phenoxy) is 1. The molecule has 1 unspecified atom stereocenters. The van der Waals surface area contributed by atoms with Crippen LogP contribution in [-0.4, -0.2) is 60.4 Å². The molecule has 0 spiro atoms. The summed E-state index contributed by atoms with van der Waals surface area (Å²) in [5.41, 5.74) is 2.54. The number of hydrogen-bond acceptors (Lipinski definition) is 4. The van der Waals surface area contributed by atoms with Crippen LogP contribution in [0.15, 0.2) is 18.2 Å². The average molecular weight is 330 g/mol. The summed E-state index contributed by atoms with van der Waals surface area (Å²) in [5, 5.41) is 0. The molecular formula is C18H22N2O4. The van der Waals surface area contributed by atoms with Crippen molar-refractivity contribution in [2.24, 2.45) is 0 Å². The molecule has 2 aliphatic rings. The second-order valence-corrected chi connectivity index (χ2v) is 6.23. The number of aryl methyl sites for hydroxylation is 1. The second-order valence-electron chi connectivity index (χ2n) is 6.23. The molecule has 0 bridgehead atoms. The SMILES string of the molecule is CCOC(=O)N1CCN(C(=O)C2CC(=O)c3cccc(C)c32)CC1. The van der Waals surface area contributed by atoms with E-state index in [9.17, 15) is 14.4 Å². The fraction of sp³-hybridized carbons (Fsp3) is 0.500. The quantitative estimate of drug-likeness (QED) is 0.831. The van der Waals surface area contributed by atoms with Crippen LogP contribution < -0.4 is 0 Å². The van der Waals surface area contributed by atoms with E-state index < -0.39 is 0 Å². The molecule has 1 atom stereocenters. The van der Waals surface area contributed by atoms with Crippen LogP contribution in [-0.2, 0) is 9.53 Å². The summed E-state index contributed by atoms with van der Waals surface area (Å²) in [6.45, 7) is 5.94. The number of carbonyl (C=O) groups excluding carboxylic acids is 3. The Kier molecular flexibility index (Phi) is 4.55. The number of rotatable bonds is 2. The number of nitrogens with zero attached hydrogens (tertiary/aromatic N) is 2. The molecule has 2 amide bonds. The minimum Gasteiger partial charge on any atom is -0.450 e. The molecule has 0 saturated carbocycles. The van der Waals surface area contributed by atoms with Crippen LogP contribution in [0.1, 0.15) is 40.7 Å². The van der Waals surface area contributed by atoms with Gasteiger partial charge < -0.3 is 14.5 Å². The van der Waals surface area contributed by atoms with Gasteiger partial charge in [0, 0.05) is 38.2 Å². The lowest BCUT2D eigenvalue weighted by Gasteiger charge is -2.35. The zero-order valence-corrected chi connectivity index (χ0v) is 14.1. The summed E-state index contributed by atoms with van der Waals surface area (Å²) in [6.07, 6.45) is -0.0845. The summed E-state index contributed by atoms with van der Waals surface area (Å²) in [6, 6.07) is 5.60. The Morgan fingerprint density at radius 1 is 1.17 bits per heavy atom. The van der Waals surface area contributed by atoms with Crippen molar-refractivity contribution in [1.29, 1.82) is 0 Å². The van der Waals surface area contributed by atoms with Gasteiger partial charge in [0.05, 0.1) is 12.5 Å². The Balaban J connectivity index is 1.70. The van der Waals surface area contributed by atoms with Crippen molar-refractivity contribution in [3.8, 4) is 0 Å². The first kappa shape index (κ1) is 16.5. The van der Waals surface area contributed by atoms with Gasteiger partial charge in [0.15, 0.2) is 5.78 Å². The highest BCUT2D eigenvalue weighted by molar-refractivity contribution is 6.07. The predicted octanol–water partition coefficient (Wildman–Crippen LogP) is 1.97. The van der Waals surface area contributed by atoms with Crippen LogP contribution in [0.2, 0.25) is 0 Å². The first-order chi connectivity index (χ1) is 11.5. The van der Waals surface area contributed by atoms with Gasteiger partial charge in [-0.15, -0.1) is 0 Å². The highest BCUT2D eigenvalue weighted by atomic mass is 16.6. The molecule has 1 saturated heterocycles. The number of hydrogen-bond donors (Lipinski definition) is 0. The summed E-state index contributed by atoms with van der Waals surface area (Å²) < 4.78 is 4.99. The smallest absolute Gasteiger partial charge is 0.409 e. The lowest BCUT2D eigenvalue weighted by atomic mass is 9.95. The van der Waals surface area contributed by atoms with Gasteiger partial charge in [-0.05, 0) is 25.0 Å². The van der Waals surface area contributed by atoms with Crippen molar-refractivity contribution < 1.29 is 19.1 Å². The molecule has 1 aliphatic carbocycles. The Morgan fingerprint density at radius 3 is 2.50 bits per heavy atom. The third kappa shape index (κ3) is 2.88. The van der Waals surface area contributed by atoms with Gasteiger partial charge in [-0.2, -0.15) is 0 Å². The third-order valence-electron chi connectivity index (χ3n) is 4.78. The fourth-order valence-electron chi connectivity index (χ4n) is 3.54. The van der Waals surface area contributed by atoms with E-state index in [2.05, 4.69) is 0 Å². The molecular weight excluding hydrogens is 308 g/mol. The molecule has 0 aromatic heterocycles. The first-order valence-corrected chi connectivity index (χ1v) is 8.36. The Bertz CT molecular complexity index is 678. The number of ketones is 1. The minimum atomic E-state index is -0.386. The lowest BCUT2D eigenvalue weighted by Crippen LogP contribution is -2.51. The Hall–Kier alpha value is -2.37. The molecule has 1 aliphatic heterocycles. The van der Waals surface area contributed by atoms with Crippen molar-refractivity contribution >= 4 is 17.8 Å². The van der Waals surface area contributed by atoms with Gasteiger partial charge in [0.25, 0.3) is 0 Å². The van der Waals surface area contributed by atoms with E-state index in [1.807, 2.05) is 19.1 Å². The van der Waals surface area contributed by atoms with Crippen LogP contribution in [0.4, 0.5) is 4.79 Å². The van der Waals surface area contributed by atoms with Crippen LogP contribution in [0.25, 0.3) is 0 Å². The molecule has 24 heavy (non-hydrogen) atoms. The van der Waals surface area contributed by atoms with Gasteiger partial charge in [-0.3, -0.25) is 9.59 Å². The topological polar surface area (TPSA) is 66.9 Å². The summed E-state index contributed by atoms with van der Waals surface area (Å²) in [4.78, 5) is 40.2. The van der Waals surface area contributed by atoms with Crippen LogP contribution in [0, 0.1) is 6.92 Å². The zero-order chi connectivity index (χ0) is 17.3. The lowest BCUT2D eigenvalue weighted by molar-refractivity contribution is -0.134. The van der Waals surface area contributed by atoms with E-state index in [1.54, 1.807) is 22.8 Å². The maximum absolute atomic E-state index is 12.9. The molecule has 128 valence electrons. The number of benzene rings is 1. The van der Waals surface area contributed by atoms with E-state index in [0.717, 1.165) is 11.1 Å². The van der Waals surface area contributed by atoms with E-state index in [1.165, 1.54) is 0 Å². The van der Waals surface area contributed by atoms with Gasteiger partial charge in [-0.1, -0.05) is 18.2 Å². The largest absolute Gasteiger partial charge is 0.450 e. The standard InChI is InChI=1S/C18H22N2O4/c1-3-24-18(23)20-9-7-19(8-10-20)17(22)14-11-15(21)13-6-4-5-12(2)16(13)14/h4-6,14H,3,7-11H2,1-2H3. The van der Waals surface area contributed by atoms with Gasteiger partial charge in [0.1, 0.15) is 0 Å². The van der Waals surface area contributed by atoms with Crippen molar-refractivity contribution in [2.75, 3.05) is 32.8 Å². The third-order valence-corrected chi connectivity index (χ3v) is 4.78. The molecule has 1 aromatic rings. The molecule has 0 radical (unpaired) electrons. The van der Waals surface area contributed by atoms with Crippen molar-refractivity contribution in [3.63, 3.8) is 0 Å². The van der Waals surface area contributed by atoms with Gasteiger partial charge in [0.2, 0.25) is 5.91 Å². The first-order valence-electron chi connectivity index (χ1n) is 8.36. The highest BCUT2D eigenvalue weighted by Gasteiger charge is 2.38. The summed E-state index contributed by atoms with van der Waals surface area (Å²) >= 11 is 0. The number of piperazine rings is 1. The van der Waals surface area contributed by atoms with E-state index in [4.69, 9.17) is 4.74 Å². The van der Waals surface area contributed by atoms with Crippen LogP contribution >= 0.6 is 0 Å². The van der Waals surface area contributed by atoms with E-state index in [0.29, 0.717) is 38.3 Å². The summed E-state index contributed by atoms with van der Waals surface area (Å²) in [5.74, 6) is -0.361. The zero-order valence-electron chi connectivity index (χ0n) is 14.1. The molecule has 6 nitrogen and oxygen atoms in total. The molecule has 3 rings (SSSR count). The molecule has 1 fully saturated rings. The maximum atomic E-state index is 12.9. The molecule has 6 heteroatoms. The Morgan fingerprint density at radius 2 is 1.83 bits per heavy atom. The van der Waals surface area contributed by atoms with Crippen LogP contribution in [0.3, 0.4) is 0 Å². The molecule has 1 heterocycles. The summed E-state index contributed by atoms with van der Waals surface area (Å²) in [7, 11) is 0. The molecule has 1 aromatic carbocycles. The maximum Gasteiger partial charge on any atom is 0.409 e. The Labute approximate surface area is 141 Å². The number of amides is 2. The van der Waals surface area contributed by atoms with E-state index in [-0.39, 0.29) is 30.1 Å². The molecule has 0 N–H and O–H groups in total. The number of Topliss-reactive ketones (excluding diaryl/α,β-unsaturated/α-hetero) is 1. The van der Waals surface area contributed by atoms with Crippen molar-refractivity contribution in [1.82, 2.24) is 9.80 Å². The fourth-order valence-corrected chi connectivity index (χ4v) is 3.54. The normalized spacial score (nSPS) is 20.1. The van der Waals surface area contributed by atoms with Crippen LogP contribution in [0.5, 0.6) is 0 Å². The van der Waals surface area contributed by atoms with Gasteiger partial charge in [-0.25, -0.2) is 4.79 Å². The number of carbonyl (C=O) groups is 3.